The van der Waals surface area contributed by atoms with Crippen molar-refractivity contribution in [1.29, 1.82) is 0 Å². The second-order valence-electron chi connectivity index (χ2n) is 4.09. The molecule has 0 aromatic carbocycles. The molecule has 1 rings (SSSR count). The lowest BCUT2D eigenvalue weighted by Crippen LogP contribution is -2.22. The number of hydrogen-bond donors (Lipinski definition) is 2. The third-order valence-corrected chi connectivity index (χ3v) is 3.74. The summed E-state index contributed by atoms with van der Waals surface area (Å²) in [5.74, 6) is 0.893. The van der Waals surface area contributed by atoms with E-state index in [1.54, 1.807) is 6.26 Å². The van der Waals surface area contributed by atoms with Crippen LogP contribution in [-0.2, 0) is 10.8 Å². The molecule has 0 radical (unpaired) electrons. The number of ether oxygens (including phenoxy) is 1. The van der Waals surface area contributed by atoms with E-state index in [0.29, 0.717) is 18.4 Å². The SMILES string of the molecule is CCCNc1nc(NCC(C)S(C)=O)nc(OC)n1. The van der Waals surface area contributed by atoms with Gasteiger partial charge >= 0.3 is 6.01 Å². The molecule has 0 aliphatic heterocycles. The minimum Gasteiger partial charge on any atom is -0.467 e. The summed E-state index contributed by atoms with van der Waals surface area (Å²) >= 11 is 0. The first kappa shape index (κ1) is 15.6. The van der Waals surface area contributed by atoms with Crippen LogP contribution in [0.15, 0.2) is 0 Å². The molecule has 0 saturated heterocycles. The van der Waals surface area contributed by atoms with E-state index in [-0.39, 0.29) is 11.3 Å². The van der Waals surface area contributed by atoms with Crippen molar-refractivity contribution < 1.29 is 8.95 Å². The Morgan fingerprint density at radius 3 is 2.42 bits per heavy atom. The van der Waals surface area contributed by atoms with Crippen molar-refractivity contribution >= 4 is 22.7 Å². The lowest BCUT2D eigenvalue weighted by Gasteiger charge is -2.11. The summed E-state index contributed by atoms with van der Waals surface area (Å²) in [5.41, 5.74) is 0. The Morgan fingerprint density at radius 2 is 1.89 bits per heavy atom. The Balaban J connectivity index is 2.73. The lowest BCUT2D eigenvalue weighted by atomic mass is 10.5. The van der Waals surface area contributed by atoms with Crippen molar-refractivity contribution in [3.05, 3.63) is 0 Å². The van der Waals surface area contributed by atoms with Crippen LogP contribution in [0.5, 0.6) is 6.01 Å². The number of hydrogen-bond acceptors (Lipinski definition) is 7. The molecule has 2 N–H and O–H groups in total. The first-order valence-corrected chi connectivity index (χ1v) is 7.79. The molecule has 1 aromatic heterocycles. The van der Waals surface area contributed by atoms with E-state index in [1.807, 2.05) is 6.92 Å². The molecule has 7 nitrogen and oxygen atoms in total. The molecule has 0 fully saturated rings. The second-order valence-corrected chi connectivity index (χ2v) is 5.89. The molecule has 0 saturated carbocycles. The summed E-state index contributed by atoms with van der Waals surface area (Å²) in [5, 5.41) is 6.14. The Bertz CT molecular complexity index is 430. The van der Waals surface area contributed by atoms with E-state index in [2.05, 4.69) is 32.5 Å². The Labute approximate surface area is 116 Å². The van der Waals surface area contributed by atoms with Gasteiger partial charge in [-0.2, -0.15) is 15.0 Å². The first-order valence-electron chi connectivity index (χ1n) is 6.16. The fraction of sp³-hybridized carbons (Fsp3) is 0.727. The highest BCUT2D eigenvalue weighted by Crippen LogP contribution is 2.11. The zero-order valence-corrected chi connectivity index (χ0v) is 12.6. The molecule has 1 heterocycles. The van der Waals surface area contributed by atoms with Crippen LogP contribution in [0.25, 0.3) is 0 Å². The van der Waals surface area contributed by atoms with Gasteiger partial charge in [0.15, 0.2) is 0 Å². The predicted molar refractivity (Wildman–Crippen MR) is 77.2 cm³/mol. The topological polar surface area (TPSA) is 89.0 Å². The zero-order chi connectivity index (χ0) is 14.3. The smallest absolute Gasteiger partial charge is 0.322 e. The van der Waals surface area contributed by atoms with Gasteiger partial charge in [0.05, 0.1) is 7.11 Å². The maximum absolute atomic E-state index is 11.3. The fourth-order valence-electron chi connectivity index (χ4n) is 1.20. The molecule has 0 amide bonds. The molecular weight excluding hydrogens is 266 g/mol. The zero-order valence-electron chi connectivity index (χ0n) is 11.8. The van der Waals surface area contributed by atoms with E-state index in [4.69, 9.17) is 4.74 Å². The van der Waals surface area contributed by atoms with Crippen molar-refractivity contribution in [2.45, 2.75) is 25.5 Å². The van der Waals surface area contributed by atoms with Gasteiger partial charge in [0.1, 0.15) is 0 Å². The molecule has 2 atom stereocenters. The van der Waals surface area contributed by atoms with E-state index in [1.165, 1.54) is 7.11 Å². The van der Waals surface area contributed by atoms with Crippen LogP contribution in [0.1, 0.15) is 20.3 Å². The van der Waals surface area contributed by atoms with Crippen LogP contribution in [-0.4, -0.2) is 50.9 Å². The number of nitrogens with zero attached hydrogens (tertiary/aromatic N) is 3. The lowest BCUT2D eigenvalue weighted by molar-refractivity contribution is 0.379. The van der Waals surface area contributed by atoms with Gasteiger partial charge in [-0.3, -0.25) is 4.21 Å². The average Bonchev–Trinajstić information content (AvgIpc) is 2.42. The van der Waals surface area contributed by atoms with Gasteiger partial charge in [-0.05, 0) is 13.3 Å². The number of nitrogens with one attached hydrogen (secondary N) is 2. The molecule has 0 aliphatic rings. The summed E-state index contributed by atoms with van der Waals surface area (Å²) in [7, 11) is 0.625. The van der Waals surface area contributed by atoms with Gasteiger partial charge in [-0.1, -0.05) is 6.92 Å². The minimum atomic E-state index is -0.882. The van der Waals surface area contributed by atoms with Crippen molar-refractivity contribution in [3.8, 4) is 6.01 Å². The first-order chi connectivity index (χ1) is 9.06. The van der Waals surface area contributed by atoms with Crippen molar-refractivity contribution in [2.75, 3.05) is 37.1 Å². The summed E-state index contributed by atoms with van der Waals surface area (Å²) in [6.07, 6.45) is 2.65. The highest BCUT2D eigenvalue weighted by Gasteiger charge is 2.09. The molecule has 0 bridgehead atoms. The summed E-state index contributed by atoms with van der Waals surface area (Å²) in [6, 6.07) is 0.251. The van der Waals surface area contributed by atoms with Crippen LogP contribution in [0.3, 0.4) is 0 Å². The number of aromatic nitrogens is 3. The van der Waals surface area contributed by atoms with Gasteiger partial charge in [0.2, 0.25) is 11.9 Å². The number of anilines is 2. The van der Waals surface area contributed by atoms with Gasteiger partial charge in [0, 0.05) is 35.4 Å². The minimum absolute atomic E-state index is 0.0230. The number of rotatable bonds is 8. The summed E-state index contributed by atoms with van der Waals surface area (Å²) in [4.78, 5) is 12.4. The van der Waals surface area contributed by atoms with Crippen LogP contribution in [0, 0.1) is 0 Å². The molecule has 2 unspecified atom stereocenters. The monoisotopic (exact) mass is 287 g/mol. The molecule has 108 valence electrons. The molecule has 19 heavy (non-hydrogen) atoms. The highest BCUT2D eigenvalue weighted by molar-refractivity contribution is 7.84. The predicted octanol–water partition coefficient (Wildman–Crippen LogP) is 0.881. The third kappa shape index (κ3) is 5.37. The quantitative estimate of drug-likeness (QED) is 0.733. The Morgan fingerprint density at radius 1 is 1.26 bits per heavy atom. The van der Waals surface area contributed by atoms with Crippen molar-refractivity contribution in [2.24, 2.45) is 0 Å². The maximum Gasteiger partial charge on any atom is 0.322 e. The van der Waals surface area contributed by atoms with Crippen molar-refractivity contribution in [3.63, 3.8) is 0 Å². The van der Waals surface area contributed by atoms with E-state index < -0.39 is 10.8 Å². The fourth-order valence-corrected chi connectivity index (χ4v) is 1.51. The van der Waals surface area contributed by atoms with Crippen LogP contribution < -0.4 is 15.4 Å². The maximum atomic E-state index is 11.3. The third-order valence-electron chi connectivity index (χ3n) is 2.44. The normalized spacial score (nSPS) is 13.7. The molecule has 0 spiro atoms. The largest absolute Gasteiger partial charge is 0.467 e. The van der Waals surface area contributed by atoms with E-state index in [0.717, 1.165) is 13.0 Å². The van der Waals surface area contributed by atoms with Crippen LogP contribution in [0.2, 0.25) is 0 Å². The molecule has 0 aliphatic carbocycles. The highest BCUT2D eigenvalue weighted by atomic mass is 32.2. The summed E-state index contributed by atoms with van der Waals surface area (Å²) < 4.78 is 16.3. The summed E-state index contributed by atoms with van der Waals surface area (Å²) in [6.45, 7) is 5.27. The molecular formula is C11H21N5O2S. The Hall–Kier alpha value is -1.44. The van der Waals surface area contributed by atoms with E-state index in [9.17, 15) is 4.21 Å². The van der Waals surface area contributed by atoms with Gasteiger partial charge in [0.25, 0.3) is 0 Å². The van der Waals surface area contributed by atoms with Crippen molar-refractivity contribution in [1.82, 2.24) is 15.0 Å². The van der Waals surface area contributed by atoms with E-state index >= 15 is 0 Å². The average molecular weight is 287 g/mol. The second kappa shape index (κ2) is 7.88. The van der Waals surface area contributed by atoms with Crippen LogP contribution >= 0.6 is 0 Å². The van der Waals surface area contributed by atoms with Crippen LogP contribution in [0.4, 0.5) is 11.9 Å². The number of methoxy groups -OCH3 is 1. The van der Waals surface area contributed by atoms with Gasteiger partial charge < -0.3 is 15.4 Å². The van der Waals surface area contributed by atoms with Gasteiger partial charge in [-0.25, -0.2) is 0 Å². The standard InChI is InChI=1S/C11H21N5O2S/c1-5-6-12-9-14-10(16-11(15-9)18-3)13-7-8(2)19(4)17/h8H,5-7H2,1-4H3,(H2,12,13,14,15,16). The van der Waals surface area contributed by atoms with Gasteiger partial charge in [-0.15, -0.1) is 0 Å². The Kier molecular flexibility index (Phi) is 6.48. The molecule has 1 aromatic rings. The molecule has 8 heteroatoms.